The largest absolute Gasteiger partial charge is 2.00 e. The number of likely N-dealkylation sites (tertiary alicyclic amines) is 1. The fraction of sp³-hybridized carbons (Fsp3) is 0.500. The zero-order valence-electron chi connectivity index (χ0n) is 31.8. The molecular formula is C44H62IN4O2U+. The predicted molar refractivity (Wildman–Crippen MR) is 225 cm³/mol. The first-order valence-electron chi connectivity index (χ1n) is 19.4. The molecule has 0 unspecified atom stereocenters. The Balaban J connectivity index is 0.000000379. The molecule has 2 aliphatic heterocycles. The summed E-state index contributed by atoms with van der Waals surface area (Å²) in [6, 6.07) is 25.3. The van der Waals surface area contributed by atoms with Crippen molar-refractivity contribution in [1.29, 1.82) is 5.41 Å². The molecule has 8 heteroatoms. The van der Waals surface area contributed by atoms with Crippen molar-refractivity contribution in [3.05, 3.63) is 96.4 Å². The molecule has 280 valence electrons. The number of halogens is 1. The molecular weight excluding hydrogens is 981 g/mol. The van der Waals surface area contributed by atoms with Crippen molar-refractivity contribution in [1.82, 2.24) is 4.90 Å². The van der Waals surface area contributed by atoms with E-state index in [4.69, 9.17) is 5.41 Å². The van der Waals surface area contributed by atoms with E-state index in [9.17, 15) is 9.59 Å². The maximum absolute atomic E-state index is 12.7. The molecule has 52 heavy (non-hydrogen) atoms. The fourth-order valence-electron chi connectivity index (χ4n) is 7.07. The summed E-state index contributed by atoms with van der Waals surface area (Å²) in [5.74, 6) is 0. The number of hydrogen-bond donors (Lipinski definition) is 2. The van der Waals surface area contributed by atoms with E-state index in [1.165, 1.54) is 116 Å². The van der Waals surface area contributed by atoms with Crippen molar-refractivity contribution in [3.63, 3.8) is 0 Å². The molecule has 6 nitrogen and oxygen atoms in total. The van der Waals surface area contributed by atoms with Crippen molar-refractivity contribution >= 4 is 39.4 Å². The minimum absolute atomic E-state index is 0. The quantitative estimate of drug-likeness (QED) is 0.0212. The van der Waals surface area contributed by atoms with Crippen LogP contribution >= 0.6 is 19.8 Å². The summed E-state index contributed by atoms with van der Waals surface area (Å²) < 4.78 is 3.09. The number of fused-ring (bicyclic) bond motifs is 1. The van der Waals surface area contributed by atoms with Crippen molar-refractivity contribution in [2.24, 2.45) is 0 Å². The Morgan fingerprint density at radius 2 is 1.23 bits per heavy atom. The summed E-state index contributed by atoms with van der Waals surface area (Å²) in [6.45, 7) is 6.36. The van der Waals surface area contributed by atoms with Gasteiger partial charge in [0.05, 0.1) is 6.41 Å². The third kappa shape index (κ3) is 15.5. The van der Waals surface area contributed by atoms with Gasteiger partial charge in [-0.25, -0.2) is 0 Å². The van der Waals surface area contributed by atoms with E-state index in [1.54, 1.807) is 6.41 Å². The van der Waals surface area contributed by atoms with Crippen LogP contribution in [0, 0.1) is 42.9 Å². The Morgan fingerprint density at radius 3 is 1.85 bits per heavy atom. The zero-order valence-corrected chi connectivity index (χ0v) is 38.1. The molecule has 1 amide bonds. The second-order valence-corrected chi connectivity index (χ2v) is 19.9. The maximum Gasteiger partial charge on any atom is 2.00 e. The average Bonchev–Trinajstić information content (AvgIpc) is 3.40. The number of carbonyl (C=O) groups excluding carboxylic acids is 2. The van der Waals surface area contributed by atoms with Gasteiger partial charge >= 0.3 is 191 Å². The number of nitrogens with zero attached hydrogens (tertiary/aromatic N) is 2. The molecule has 0 atom stereocenters. The van der Waals surface area contributed by atoms with E-state index >= 15 is 0 Å². The summed E-state index contributed by atoms with van der Waals surface area (Å²) in [5, 5.41) is 11.0. The van der Waals surface area contributed by atoms with Crippen LogP contribution < -0.4 is 5.32 Å². The third-order valence-electron chi connectivity index (χ3n) is 10.1. The molecule has 0 spiro atoms. The van der Waals surface area contributed by atoms with Gasteiger partial charge in [0.2, 0.25) is 0 Å². The molecule has 5 rings (SSSR count). The zero-order chi connectivity index (χ0) is 36.2. The van der Waals surface area contributed by atoms with Gasteiger partial charge in [-0.3, -0.25) is 0 Å². The third-order valence-corrected chi connectivity index (χ3v) is 15.6. The van der Waals surface area contributed by atoms with Gasteiger partial charge in [0.15, 0.2) is 0 Å². The molecule has 2 aliphatic rings. The van der Waals surface area contributed by atoms with Crippen LogP contribution in [0.1, 0.15) is 106 Å². The van der Waals surface area contributed by atoms with Gasteiger partial charge in [0.25, 0.3) is 0 Å². The van der Waals surface area contributed by atoms with E-state index in [1.807, 2.05) is 78.9 Å². The van der Waals surface area contributed by atoms with E-state index in [2.05, 4.69) is 30.7 Å². The number of quaternary nitrogens is 1. The molecule has 2 heterocycles. The summed E-state index contributed by atoms with van der Waals surface area (Å²) in [4.78, 5) is 25.7. The predicted octanol–water partition coefficient (Wildman–Crippen LogP) is 10.6. The molecule has 0 bridgehead atoms. The monoisotopic (exact) mass is 1040 g/mol. The molecule has 0 aromatic heterocycles. The Morgan fingerprint density at radius 1 is 0.712 bits per heavy atom. The van der Waals surface area contributed by atoms with E-state index in [0.717, 1.165) is 43.3 Å². The Kier molecular flexibility index (Phi) is 21.7. The molecule has 0 saturated carbocycles. The topological polar surface area (TPSA) is 73.3 Å². The Hall–Kier alpha value is -1.83. The number of anilines is 1. The number of rotatable bonds is 21. The molecule has 2 N–H and O–H groups in total. The summed E-state index contributed by atoms with van der Waals surface area (Å²) in [7, 11) is 4.72. The number of nitrogens with one attached hydrogen (secondary N) is 2. The molecule has 1 fully saturated rings. The first-order chi connectivity index (χ1) is 24.9. The summed E-state index contributed by atoms with van der Waals surface area (Å²) in [6.07, 6.45) is 23.0. The minimum atomic E-state index is -1.96. The molecule has 0 aliphatic carbocycles. The first kappa shape index (κ1) is 44.6. The second kappa shape index (κ2) is 25.3. The normalized spacial score (nSPS) is 15.0. The first-order valence-corrected chi connectivity index (χ1v) is 23.1. The molecule has 0 radical (unpaired) electrons. The standard InChI is InChI=1S/C31H52IN3O.C13H10NO.U/c1-35(2,27-19-14-22-32-30(33)28-20-12-13-21-29(28)31(32)36)26-18-10-8-6-4-3-5-7-9-15-23-34-24-16-11-17-25-34;15-10-14-13-9-5-4-8-12(13)11-6-2-1-3-7-11;/h11-13,20-21,33H,3-10,14-19,22-27H2,1-2H3;1-9H,(H,14,15);/q;-1;+2. The van der Waals surface area contributed by atoms with Gasteiger partial charge in [-0.1, -0.05) is 73.4 Å². The molecule has 3 aromatic carbocycles. The Bertz CT molecular complexity index is 1440. The minimum Gasteiger partial charge on any atom is -0.490 e. The number of piperidine rings is 1. The van der Waals surface area contributed by atoms with Gasteiger partial charge in [0.1, 0.15) is 0 Å². The van der Waals surface area contributed by atoms with Crippen LogP contribution in [-0.2, 0) is 4.79 Å². The van der Waals surface area contributed by atoms with Crippen molar-refractivity contribution < 1.29 is 45.2 Å². The second-order valence-electron chi connectivity index (χ2n) is 14.7. The molecule has 3 aromatic rings. The van der Waals surface area contributed by atoms with Gasteiger partial charge in [-0.05, 0) is 31.6 Å². The van der Waals surface area contributed by atoms with E-state index in [0.29, 0.717) is 7.51 Å². The van der Waals surface area contributed by atoms with Gasteiger partial charge in [0, 0.05) is 0 Å². The van der Waals surface area contributed by atoms with Crippen LogP contribution in [0.4, 0.5) is 5.69 Å². The van der Waals surface area contributed by atoms with Gasteiger partial charge in [-0.15, -0.1) is 11.8 Å². The van der Waals surface area contributed by atoms with E-state index < -0.39 is 19.8 Å². The number of benzene rings is 3. The number of carbonyl (C=O) groups is 1. The van der Waals surface area contributed by atoms with Gasteiger partial charge < -0.3 is 21.4 Å². The number of hydrogen-bond acceptors (Lipinski definition) is 4. The Labute approximate surface area is 346 Å². The molecule has 1 saturated heterocycles. The number of unbranched alkanes of at least 4 members (excludes halogenated alkanes) is 10. The van der Waals surface area contributed by atoms with Crippen LogP contribution in [0.15, 0.2) is 78.9 Å². The number of para-hydroxylation sites is 1. The number of alkyl halides is 1. The van der Waals surface area contributed by atoms with Crippen LogP contribution in [0.3, 0.4) is 0 Å². The fourth-order valence-corrected chi connectivity index (χ4v) is 12.2. The van der Waals surface area contributed by atoms with Crippen LogP contribution in [-0.4, -0.2) is 74.5 Å². The van der Waals surface area contributed by atoms with Crippen LogP contribution in [0.25, 0.3) is 11.1 Å². The number of amides is 1. The SMILES string of the molecule is C[N+](C)(CCCCCCCCCCCCN1CC[CH-]CC1)CCCCI1C(=N)c2ccccc2C1=O.O=[C-]Nc1ccccc1-c1ccccc1.[U+2]. The van der Waals surface area contributed by atoms with Crippen molar-refractivity contribution in [3.8, 4) is 11.1 Å². The summed E-state index contributed by atoms with van der Waals surface area (Å²) >= 11 is -1.96. The average molecular weight is 1040 g/mol. The summed E-state index contributed by atoms with van der Waals surface area (Å²) in [5.41, 5.74) is 4.60. The van der Waals surface area contributed by atoms with Crippen LogP contribution in [0.5, 0.6) is 0 Å². The maximum atomic E-state index is 12.7. The van der Waals surface area contributed by atoms with Crippen molar-refractivity contribution in [2.75, 3.05) is 56.6 Å². The smallest absolute Gasteiger partial charge is 0.490 e. The van der Waals surface area contributed by atoms with Crippen LogP contribution in [0.2, 0.25) is 0 Å². The van der Waals surface area contributed by atoms with Crippen molar-refractivity contribution in [2.45, 2.75) is 89.9 Å². The van der Waals surface area contributed by atoms with Gasteiger partial charge in [-0.2, -0.15) is 12.8 Å². The van der Waals surface area contributed by atoms with E-state index in [-0.39, 0.29) is 31.1 Å².